The molecule has 3 aromatic rings. The lowest BCUT2D eigenvalue weighted by atomic mass is 10.0. The van der Waals surface area contributed by atoms with Crippen LogP contribution in [0.15, 0.2) is 47.0 Å². The predicted octanol–water partition coefficient (Wildman–Crippen LogP) is 4.24. The average molecular weight is 375 g/mol. The van der Waals surface area contributed by atoms with Crippen LogP contribution in [0.2, 0.25) is 0 Å². The molecule has 1 atom stereocenters. The van der Waals surface area contributed by atoms with E-state index in [1.165, 1.54) is 11.1 Å². The van der Waals surface area contributed by atoms with Crippen molar-refractivity contribution in [2.24, 2.45) is 0 Å². The van der Waals surface area contributed by atoms with E-state index in [9.17, 15) is 4.79 Å². The smallest absolute Gasteiger partial charge is 0.268 e. The van der Waals surface area contributed by atoms with Crippen LogP contribution in [0.1, 0.15) is 42.4 Å². The fourth-order valence-electron chi connectivity index (χ4n) is 3.91. The van der Waals surface area contributed by atoms with Crippen LogP contribution in [-0.4, -0.2) is 22.6 Å². The van der Waals surface area contributed by atoms with E-state index in [2.05, 4.69) is 23.1 Å². The van der Waals surface area contributed by atoms with Crippen molar-refractivity contribution in [3.63, 3.8) is 0 Å². The second kappa shape index (κ2) is 6.78. The number of hydrogen-bond donors (Lipinski definition) is 0. The molecule has 0 N–H and O–H groups in total. The highest BCUT2D eigenvalue weighted by Crippen LogP contribution is 2.35. The Balaban J connectivity index is 1.38. The highest BCUT2D eigenvalue weighted by Gasteiger charge is 2.27. The lowest BCUT2D eigenvalue weighted by Gasteiger charge is -2.23. The first-order valence-corrected chi connectivity index (χ1v) is 9.68. The molecule has 0 saturated carbocycles. The molecule has 142 valence electrons. The first kappa shape index (κ1) is 17.0. The number of nitrogens with zero attached hydrogens (tertiary/aromatic N) is 3. The normalized spacial score (nSPS) is 18.8. The Hall–Kier alpha value is -3.15. The van der Waals surface area contributed by atoms with Crippen LogP contribution in [0.25, 0.3) is 11.4 Å². The Morgan fingerprint density at radius 2 is 2.07 bits per heavy atom. The molecule has 0 aliphatic carbocycles. The Labute approximate surface area is 163 Å². The molecule has 1 unspecified atom stereocenters. The van der Waals surface area contributed by atoms with Gasteiger partial charge in [-0.2, -0.15) is 4.98 Å². The summed E-state index contributed by atoms with van der Waals surface area (Å²) in [5.41, 5.74) is 4.17. The van der Waals surface area contributed by atoms with Gasteiger partial charge in [0.05, 0.1) is 0 Å². The minimum Gasteiger partial charge on any atom is -0.480 e. The zero-order valence-electron chi connectivity index (χ0n) is 15.7. The molecule has 28 heavy (non-hydrogen) atoms. The van der Waals surface area contributed by atoms with Gasteiger partial charge in [0.15, 0.2) is 6.10 Å². The van der Waals surface area contributed by atoms with Gasteiger partial charge in [-0.05, 0) is 49.9 Å². The summed E-state index contributed by atoms with van der Waals surface area (Å²) >= 11 is 0. The Kier molecular flexibility index (Phi) is 4.11. The van der Waals surface area contributed by atoms with E-state index in [1.54, 1.807) is 0 Å². The van der Waals surface area contributed by atoms with Gasteiger partial charge in [-0.1, -0.05) is 35.0 Å². The van der Waals surface area contributed by atoms with Gasteiger partial charge < -0.3 is 14.2 Å². The fourth-order valence-corrected chi connectivity index (χ4v) is 3.91. The maximum Gasteiger partial charge on any atom is 0.268 e. The van der Waals surface area contributed by atoms with Gasteiger partial charge in [-0.15, -0.1) is 0 Å². The molecule has 1 amide bonds. The van der Waals surface area contributed by atoms with Crippen LogP contribution in [0.3, 0.4) is 0 Å². The molecular weight excluding hydrogens is 354 g/mol. The molecule has 2 aromatic carbocycles. The minimum atomic E-state index is -0.236. The molecule has 0 radical (unpaired) electrons. The van der Waals surface area contributed by atoms with Crippen LogP contribution in [-0.2, 0) is 11.2 Å². The quantitative estimate of drug-likeness (QED) is 0.685. The molecular formula is C22H21N3O3. The number of benzene rings is 2. The third-order valence-electron chi connectivity index (χ3n) is 5.37. The van der Waals surface area contributed by atoms with Crippen molar-refractivity contribution in [3.8, 4) is 17.1 Å². The predicted molar refractivity (Wildman–Crippen MR) is 104 cm³/mol. The number of rotatable bonds is 3. The summed E-state index contributed by atoms with van der Waals surface area (Å²) in [4.78, 5) is 18.4. The highest BCUT2D eigenvalue weighted by molar-refractivity contribution is 5.95. The number of aromatic nitrogens is 2. The number of fused-ring (bicyclic) bond motifs is 1. The van der Waals surface area contributed by atoms with Crippen LogP contribution in [0.4, 0.5) is 5.69 Å². The van der Waals surface area contributed by atoms with Gasteiger partial charge in [-0.3, -0.25) is 4.79 Å². The molecule has 3 heterocycles. The molecule has 1 saturated heterocycles. The van der Waals surface area contributed by atoms with E-state index < -0.39 is 0 Å². The summed E-state index contributed by atoms with van der Waals surface area (Å²) in [5.74, 6) is 2.05. The summed E-state index contributed by atoms with van der Waals surface area (Å²) in [6, 6.07) is 13.9. The second-order valence-corrected chi connectivity index (χ2v) is 7.41. The molecule has 1 aromatic heterocycles. The van der Waals surface area contributed by atoms with Crippen LogP contribution in [0, 0.1) is 6.92 Å². The van der Waals surface area contributed by atoms with Gasteiger partial charge in [-0.25, -0.2) is 0 Å². The molecule has 0 bridgehead atoms. The molecule has 2 aliphatic rings. The molecule has 5 rings (SSSR count). The number of hydrogen-bond acceptors (Lipinski definition) is 5. The summed E-state index contributed by atoms with van der Waals surface area (Å²) in [5, 5.41) is 4.15. The topological polar surface area (TPSA) is 68.5 Å². The van der Waals surface area contributed by atoms with E-state index in [1.807, 2.05) is 41.3 Å². The third-order valence-corrected chi connectivity index (χ3v) is 5.37. The Morgan fingerprint density at radius 1 is 1.14 bits per heavy atom. The molecule has 1 fully saturated rings. The molecule has 6 heteroatoms. The highest BCUT2D eigenvalue weighted by atomic mass is 16.5. The summed E-state index contributed by atoms with van der Waals surface area (Å²) in [7, 11) is 0. The van der Waals surface area contributed by atoms with Crippen molar-refractivity contribution in [2.75, 3.05) is 11.4 Å². The Bertz CT molecular complexity index is 1040. The summed E-state index contributed by atoms with van der Waals surface area (Å²) in [6.45, 7) is 2.84. The largest absolute Gasteiger partial charge is 0.480 e. The molecule has 0 spiro atoms. The second-order valence-electron chi connectivity index (χ2n) is 7.41. The van der Waals surface area contributed by atoms with Gasteiger partial charge in [0.2, 0.25) is 11.7 Å². The number of aryl methyl sites for hydroxylation is 2. The number of ether oxygens (including phenoxy) is 1. The molecule has 2 aliphatic heterocycles. The van der Waals surface area contributed by atoms with Gasteiger partial charge in [0.25, 0.3) is 5.89 Å². The average Bonchev–Trinajstić information content (AvgIpc) is 3.37. The van der Waals surface area contributed by atoms with Crippen LogP contribution < -0.4 is 9.64 Å². The Morgan fingerprint density at radius 3 is 2.93 bits per heavy atom. The van der Waals surface area contributed by atoms with Crippen molar-refractivity contribution in [3.05, 3.63) is 59.5 Å². The van der Waals surface area contributed by atoms with Crippen molar-refractivity contribution < 1.29 is 14.1 Å². The van der Waals surface area contributed by atoms with Crippen molar-refractivity contribution in [1.29, 1.82) is 0 Å². The van der Waals surface area contributed by atoms with E-state index in [0.29, 0.717) is 18.1 Å². The minimum absolute atomic E-state index is 0.162. The maximum atomic E-state index is 12.0. The standard InChI is InChI=1S/C22H21N3O3/c1-14-7-9-18-15(12-14)8-10-19(27-18)22-23-21(24-28-22)16-4-2-5-17(13-16)25-11-3-6-20(25)26/h2,4-5,7,9,12-13,19H,3,6,8,10-11H2,1H3. The van der Waals surface area contributed by atoms with Gasteiger partial charge in [0, 0.05) is 24.2 Å². The van der Waals surface area contributed by atoms with Crippen LogP contribution >= 0.6 is 0 Å². The summed E-state index contributed by atoms with van der Waals surface area (Å²) < 4.78 is 11.6. The lowest BCUT2D eigenvalue weighted by molar-refractivity contribution is -0.117. The fraction of sp³-hybridized carbons (Fsp3) is 0.318. The van der Waals surface area contributed by atoms with Crippen molar-refractivity contribution in [1.82, 2.24) is 10.1 Å². The zero-order chi connectivity index (χ0) is 19.1. The number of anilines is 1. The van der Waals surface area contributed by atoms with E-state index in [4.69, 9.17) is 9.26 Å². The third kappa shape index (κ3) is 3.05. The molecule has 6 nitrogen and oxygen atoms in total. The SMILES string of the molecule is Cc1ccc2c(c1)CCC(c1nc(-c3cccc(N4CCCC4=O)c3)no1)O2. The lowest BCUT2D eigenvalue weighted by Crippen LogP contribution is -2.23. The van der Waals surface area contributed by atoms with E-state index >= 15 is 0 Å². The van der Waals surface area contributed by atoms with Gasteiger partial charge in [0.1, 0.15) is 5.75 Å². The number of carbonyl (C=O) groups excluding carboxylic acids is 1. The van der Waals surface area contributed by atoms with Crippen molar-refractivity contribution in [2.45, 2.75) is 38.7 Å². The first-order valence-electron chi connectivity index (χ1n) is 9.68. The first-order chi connectivity index (χ1) is 13.7. The zero-order valence-corrected chi connectivity index (χ0v) is 15.7. The monoisotopic (exact) mass is 375 g/mol. The number of amides is 1. The van der Waals surface area contributed by atoms with E-state index in [0.717, 1.165) is 42.8 Å². The maximum absolute atomic E-state index is 12.0. The number of carbonyl (C=O) groups is 1. The van der Waals surface area contributed by atoms with Crippen LogP contribution in [0.5, 0.6) is 5.75 Å². The van der Waals surface area contributed by atoms with Crippen molar-refractivity contribution >= 4 is 11.6 Å². The summed E-state index contributed by atoms with van der Waals surface area (Å²) in [6.07, 6.45) is 3.00. The van der Waals surface area contributed by atoms with E-state index in [-0.39, 0.29) is 12.0 Å². The van der Waals surface area contributed by atoms with Gasteiger partial charge >= 0.3 is 0 Å².